The number of hydrogen-bond donors (Lipinski definition) is 1. The molecule has 2 saturated heterocycles. The summed E-state index contributed by atoms with van der Waals surface area (Å²) >= 11 is 0. The molecule has 0 aromatic heterocycles. The van der Waals surface area contributed by atoms with E-state index in [1.54, 1.807) is 7.11 Å². The summed E-state index contributed by atoms with van der Waals surface area (Å²) < 4.78 is 16.8. The fourth-order valence-electron chi connectivity index (χ4n) is 2.87. The Kier molecular flexibility index (Phi) is 3.24. The molecule has 0 bridgehead atoms. The zero-order valence-electron chi connectivity index (χ0n) is 11.2. The van der Waals surface area contributed by atoms with E-state index in [1.807, 2.05) is 18.2 Å². The fourth-order valence-corrected chi connectivity index (χ4v) is 2.87. The zero-order chi connectivity index (χ0) is 13.3. The molecule has 1 aromatic rings. The van der Waals surface area contributed by atoms with Crippen LogP contribution < -0.4 is 15.4 Å². The second kappa shape index (κ2) is 4.90. The molecule has 5 nitrogen and oxygen atoms in total. The van der Waals surface area contributed by atoms with Crippen LogP contribution in [0.5, 0.6) is 5.75 Å². The van der Waals surface area contributed by atoms with Crippen LogP contribution in [-0.4, -0.2) is 39.2 Å². The predicted molar refractivity (Wildman–Crippen MR) is 73.5 cm³/mol. The van der Waals surface area contributed by atoms with E-state index < -0.39 is 5.79 Å². The molecule has 0 saturated carbocycles. The van der Waals surface area contributed by atoms with Crippen LogP contribution in [0.2, 0.25) is 0 Å². The SMILES string of the molecule is COc1ccc(N2CCCC3(C2)OCCO3)c(N)c1. The third kappa shape index (κ3) is 2.35. The van der Waals surface area contributed by atoms with E-state index in [-0.39, 0.29) is 0 Å². The van der Waals surface area contributed by atoms with Gasteiger partial charge in [0.2, 0.25) is 0 Å². The van der Waals surface area contributed by atoms with E-state index in [1.165, 1.54) is 0 Å². The van der Waals surface area contributed by atoms with Crippen molar-refractivity contribution < 1.29 is 14.2 Å². The zero-order valence-corrected chi connectivity index (χ0v) is 11.2. The highest BCUT2D eigenvalue weighted by Crippen LogP contribution is 2.35. The Bertz CT molecular complexity index is 458. The Labute approximate surface area is 113 Å². The average molecular weight is 264 g/mol. The first-order valence-electron chi connectivity index (χ1n) is 6.69. The summed E-state index contributed by atoms with van der Waals surface area (Å²) in [5.74, 6) is 0.353. The molecule has 0 atom stereocenters. The van der Waals surface area contributed by atoms with Gasteiger partial charge < -0.3 is 24.8 Å². The molecular formula is C14H20N2O3. The van der Waals surface area contributed by atoms with Crippen molar-refractivity contribution in [2.75, 3.05) is 44.0 Å². The van der Waals surface area contributed by atoms with Gasteiger partial charge >= 0.3 is 0 Å². The number of rotatable bonds is 2. The lowest BCUT2D eigenvalue weighted by Crippen LogP contribution is -2.49. The third-order valence-electron chi connectivity index (χ3n) is 3.81. The van der Waals surface area contributed by atoms with Gasteiger partial charge in [-0.1, -0.05) is 0 Å². The van der Waals surface area contributed by atoms with E-state index >= 15 is 0 Å². The highest BCUT2D eigenvalue weighted by molar-refractivity contribution is 5.69. The summed E-state index contributed by atoms with van der Waals surface area (Å²) in [7, 11) is 1.64. The maximum absolute atomic E-state index is 6.11. The topological polar surface area (TPSA) is 57.0 Å². The summed E-state index contributed by atoms with van der Waals surface area (Å²) in [6.07, 6.45) is 2.00. The maximum Gasteiger partial charge on any atom is 0.186 e. The normalized spacial score (nSPS) is 21.8. The lowest BCUT2D eigenvalue weighted by atomic mass is 10.0. The van der Waals surface area contributed by atoms with Crippen LogP contribution in [0.15, 0.2) is 18.2 Å². The van der Waals surface area contributed by atoms with Gasteiger partial charge in [0.15, 0.2) is 5.79 Å². The van der Waals surface area contributed by atoms with Crippen molar-refractivity contribution in [2.45, 2.75) is 18.6 Å². The van der Waals surface area contributed by atoms with E-state index in [4.69, 9.17) is 19.9 Å². The number of nitrogens with two attached hydrogens (primary N) is 1. The van der Waals surface area contributed by atoms with Gasteiger partial charge in [-0.3, -0.25) is 0 Å². The van der Waals surface area contributed by atoms with E-state index in [0.29, 0.717) is 13.2 Å². The highest BCUT2D eigenvalue weighted by atomic mass is 16.7. The van der Waals surface area contributed by atoms with Crippen LogP contribution in [0.1, 0.15) is 12.8 Å². The van der Waals surface area contributed by atoms with E-state index in [9.17, 15) is 0 Å². The Balaban J connectivity index is 1.81. The number of methoxy groups -OCH3 is 1. The molecule has 2 aliphatic heterocycles. The number of benzene rings is 1. The van der Waals surface area contributed by atoms with Crippen LogP contribution in [0.4, 0.5) is 11.4 Å². The van der Waals surface area contributed by atoms with Crippen molar-refractivity contribution in [1.82, 2.24) is 0 Å². The molecule has 0 radical (unpaired) electrons. The number of piperidine rings is 1. The molecule has 5 heteroatoms. The number of anilines is 2. The first kappa shape index (κ1) is 12.6. The molecular weight excluding hydrogens is 244 g/mol. The number of hydrogen-bond acceptors (Lipinski definition) is 5. The van der Waals surface area contributed by atoms with Gasteiger partial charge in [-0.15, -0.1) is 0 Å². The Morgan fingerprint density at radius 2 is 2.11 bits per heavy atom. The molecule has 0 unspecified atom stereocenters. The quantitative estimate of drug-likeness (QED) is 0.823. The molecule has 2 aliphatic rings. The molecule has 2 N–H and O–H groups in total. The molecule has 3 rings (SSSR count). The van der Waals surface area contributed by atoms with Gasteiger partial charge in [0, 0.05) is 19.0 Å². The van der Waals surface area contributed by atoms with Gasteiger partial charge in [0.1, 0.15) is 5.75 Å². The van der Waals surface area contributed by atoms with Crippen molar-refractivity contribution in [1.29, 1.82) is 0 Å². The fraction of sp³-hybridized carbons (Fsp3) is 0.571. The highest BCUT2D eigenvalue weighted by Gasteiger charge is 2.41. The van der Waals surface area contributed by atoms with Crippen LogP contribution in [-0.2, 0) is 9.47 Å². The molecule has 19 heavy (non-hydrogen) atoms. The molecule has 2 heterocycles. The number of ether oxygens (including phenoxy) is 3. The van der Waals surface area contributed by atoms with Crippen molar-refractivity contribution in [3.63, 3.8) is 0 Å². The van der Waals surface area contributed by atoms with E-state index in [0.717, 1.165) is 43.1 Å². The summed E-state index contributed by atoms with van der Waals surface area (Å²) in [5, 5.41) is 0. The minimum Gasteiger partial charge on any atom is -0.497 e. The standard InChI is InChI=1S/C14H20N2O3/c1-17-11-3-4-13(12(15)9-11)16-6-2-5-14(10-16)18-7-8-19-14/h3-4,9H,2,5-8,10,15H2,1H3. The second-order valence-electron chi connectivity index (χ2n) is 5.06. The second-order valence-corrected chi connectivity index (χ2v) is 5.06. The monoisotopic (exact) mass is 264 g/mol. The van der Waals surface area contributed by atoms with Crippen molar-refractivity contribution >= 4 is 11.4 Å². The minimum atomic E-state index is -0.426. The average Bonchev–Trinajstić information content (AvgIpc) is 2.86. The first-order chi connectivity index (χ1) is 9.22. The molecule has 0 aliphatic carbocycles. The van der Waals surface area contributed by atoms with E-state index in [2.05, 4.69) is 4.90 Å². The number of nitrogens with zero attached hydrogens (tertiary/aromatic N) is 1. The Morgan fingerprint density at radius 1 is 1.32 bits per heavy atom. The van der Waals surface area contributed by atoms with Gasteiger partial charge in [-0.25, -0.2) is 0 Å². The first-order valence-corrected chi connectivity index (χ1v) is 6.69. The molecule has 104 valence electrons. The van der Waals surface area contributed by atoms with Gasteiger partial charge in [-0.05, 0) is 18.6 Å². The minimum absolute atomic E-state index is 0.426. The van der Waals surface area contributed by atoms with Gasteiger partial charge in [-0.2, -0.15) is 0 Å². The molecule has 1 spiro atoms. The van der Waals surface area contributed by atoms with Gasteiger partial charge in [0.05, 0.1) is 38.2 Å². The van der Waals surface area contributed by atoms with Crippen LogP contribution >= 0.6 is 0 Å². The van der Waals surface area contributed by atoms with Crippen LogP contribution in [0.25, 0.3) is 0 Å². The Morgan fingerprint density at radius 3 is 2.79 bits per heavy atom. The largest absolute Gasteiger partial charge is 0.497 e. The van der Waals surface area contributed by atoms with Gasteiger partial charge in [0.25, 0.3) is 0 Å². The summed E-state index contributed by atoms with van der Waals surface area (Å²) in [6.45, 7) is 3.09. The smallest absolute Gasteiger partial charge is 0.186 e. The summed E-state index contributed by atoms with van der Waals surface area (Å²) in [6, 6.07) is 5.79. The molecule has 1 aromatic carbocycles. The summed E-state index contributed by atoms with van der Waals surface area (Å²) in [5.41, 5.74) is 7.87. The summed E-state index contributed by atoms with van der Waals surface area (Å²) in [4.78, 5) is 2.24. The number of nitrogen functional groups attached to an aromatic ring is 1. The van der Waals surface area contributed by atoms with Crippen molar-refractivity contribution in [3.8, 4) is 5.75 Å². The Hall–Kier alpha value is -1.46. The maximum atomic E-state index is 6.11. The third-order valence-corrected chi connectivity index (χ3v) is 3.81. The van der Waals surface area contributed by atoms with Crippen LogP contribution in [0, 0.1) is 0 Å². The van der Waals surface area contributed by atoms with Crippen molar-refractivity contribution in [3.05, 3.63) is 18.2 Å². The lowest BCUT2D eigenvalue weighted by Gasteiger charge is -2.40. The molecule has 0 amide bonds. The van der Waals surface area contributed by atoms with Crippen molar-refractivity contribution in [2.24, 2.45) is 0 Å². The predicted octanol–water partition coefficient (Wildman–Crippen LogP) is 1.62. The van der Waals surface area contributed by atoms with Crippen LogP contribution in [0.3, 0.4) is 0 Å². The lowest BCUT2D eigenvalue weighted by molar-refractivity contribution is -0.161. The molecule has 2 fully saturated rings.